The number of hydrogen-bond acceptors (Lipinski definition) is 8. The molecule has 1 N–H and O–H groups in total. The zero-order chi connectivity index (χ0) is 33.5. The van der Waals surface area contributed by atoms with Crippen LogP contribution in [0.4, 0.5) is 0 Å². The number of phenolic OH excluding ortho intramolecular Hbond substituents is 1. The van der Waals surface area contributed by atoms with E-state index in [0.29, 0.717) is 56.6 Å². The first kappa shape index (κ1) is 32.8. The van der Waals surface area contributed by atoms with E-state index in [-0.39, 0.29) is 24.7 Å². The molecule has 0 unspecified atom stereocenters. The van der Waals surface area contributed by atoms with E-state index in [1.165, 1.54) is 19.3 Å². The number of carbonyl (C=O) groups is 3. The van der Waals surface area contributed by atoms with Gasteiger partial charge in [0.15, 0.2) is 11.5 Å². The van der Waals surface area contributed by atoms with Gasteiger partial charge in [0.25, 0.3) is 5.91 Å². The van der Waals surface area contributed by atoms with E-state index in [0.717, 1.165) is 10.9 Å². The summed E-state index contributed by atoms with van der Waals surface area (Å²) in [4.78, 5) is 38.8. The Kier molecular flexibility index (Phi) is 10.3. The van der Waals surface area contributed by atoms with Gasteiger partial charge in [-0.05, 0) is 96.4 Å². The summed E-state index contributed by atoms with van der Waals surface area (Å²) in [6.45, 7) is 1.94. The fraction of sp³-hybridized carbons (Fsp3) is 0.162. The number of carbonyl (C=O) groups excluding carboxylic acids is 3. The van der Waals surface area contributed by atoms with Gasteiger partial charge < -0.3 is 24.1 Å². The number of hydrogen-bond donors (Lipinski definition) is 1. The Morgan fingerprint density at radius 3 is 2.30 bits per heavy atom. The van der Waals surface area contributed by atoms with Crippen LogP contribution in [-0.4, -0.2) is 48.3 Å². The molecule has 1 heterocycles. The second-order valence-electron chi connectivity index (χ2n) is 10.6. The Morgan fingerprint density at radius 1 is 0.872 bits per heavy atom. The van der Waals surface area contributed by atoms with Gasteiger partial charge in [-0.3, -0.25) is 14.2 Å². The van der Waals surface area contributed by atoms with Crippen molar-refractivity contribution in [3.8, 4) is 23.0 Å². The van der Waals surface area contributed by atoms with E-state index in [1.807, 2.05) is 6.07 Å². The van der Waals surface area contributed by atoms with Crippen LogP contribution in [0.25, 0.3) is 17.0 Å². The molecule has 5 rings (SSSR count). The number of ether oxygens (including phenoxy) is 4. The van der Waals surface area contributed by atoms with Gasteiger partial charge in [-0.25, -0.2) is 4.79 Å². The normalized spacial score (nSPS) is 11.1. The second-order valence-corrected chi connectivity index (χ2v) is 11.0. The largest absolute Gasteiger partial charge is 0.504 e. The molecular formula is C37H32ClNO8. The molecule has 0 aliphatic carbocycles. The molecule has 0 amide bonds. The predicted molar refractivity (Wildman–Crippen MR) is 179 cm³/mol. The lowest BCUT2D eigenvalue weighted by Crippen LogP contribution is -2.15. The number of benzene rings is 4. The van der Waals surface area contributed by atoms with Gasteiger partial charge in [0.05, 0.1) is 32.8 Å². The summed E-state index contributed by atoms with van der Waals surface area (Å²) in [6, 6.07) is 23.7. The van der Waals surface area contributed by atoms with Crippen molar-refractivity contribution in [1.29, 1.82) is 0 Å². The van der Waals surface area contributed by atoms with E-state index in [2.05, 4.69) is 0 Å². The number of phenols is 1. The molecule has 0 atom stereocenters. The van der Waals surface area contributed by atoms with Crippen LogP contribution in [0, 0.1) is 6.92 Å². The van der Waals surface area contributed by atoms with Crippen molar-refractivity contribution >= 4 is 46.4 Å². The molecule has 0 bridgehead atoms. The van der Waals surface area contributed by atoms with Crippen LogP contribution in [0.15, 0.2) is 91.0 Å². The molecule has 47 heavy (non-hydrogen) atoms. The van der Waals surface area contributed by atoms with Gasteiger partial charge in [-0.1, -0.05) is 29.8 Å². The van der Waals surface area contributed by atoms with Crippen LogP contribution >= 0.6 is 11.6 Å². The molecule has 10 heteroatoms. The lowest BCUT2D eigenvalue weighted by atomic mass is 10.1. The minimum absolute atomic E-state index is 0.00504. The van der Waals surface area contributed by atoms with Crippen LogP contribution in [0.1, 0.15) is 32.7 Å². The zero-order valence-electron chi connectivity index (χ0n) is 26.0. The van der Waals surface area contributed by atoms with Crippen molar-refractivity contribution in [3.05, 3.63) is 124 Å². The van der Waals surface area contributed by atoms with Gasteiger partial charge in [-0.15, -0.1) is 0 Å². The lowest BCUT2D eigenvalue weighted by Gasteiger charge is -2.08. The van der Waals surface area contributed by atoms with Crippen LogP contribution < -0.4 is 14.2 Å². The van der Waals surface area contributed by atoms with Gasteiger partial charge in [0, 0.05) is 34.2 Å². The molecule has 0 saturated carbocycles. The maximum Gasteiger partial charge on any atom is 0.336 e. The summed E-state index contributed by atoms with van der Waals surface area (Å²) in [7, 11) is 3.00. The highest BCUT2D eigenvalue weighted by Crippen LogP contribution is 2.31. The number of methoxy groups -OCH3 is 2. The smallest absolute Gasteiger partial charge is 0.336 e. The molecule has 1 aromatic heterocycles. The molecule has 0 fully saturated rings. The molecule has 5 aromatic rings. The Balaban J connectivity index is 1.19. The molecule has 240 valence electrons. The van der Waals surface area contributed by atoms with Crippen LogP contribution in [0.3, 0.4) is 0 Å². The number of rotatable bonds is 11. The lowest BCUT2D eigenvalue weighted by molar-refractivity contribution is -0.142. The fourth-order valence-electron chi connectivity index (χ4n) is 5.11. The highest BCUT2D eigenvalue weighted by Gasteiger charge is 2.22. The molecule has 0 spiro atoms. The summed E-state index contributed by atoms with van der Waals surface area (Å²) in [6.07, 6.45) is 3.25. The van der Waals surface area contributed by atoms with Crippen molar-refractivity contribution in [2.45, 2.75) is 19.8 Å². The number of fused-ring (bicyclic) bond motifs is 1. The highest BCUT2D eigenvalue weighted by atomic mass is 35.5. The zero-order valence-corrected chi connectivity index (χ0v) is 26.7. The maximum atomic E-state index is 13.5. The van der Waals surface area contributed by atoms with Gasteiger partial charge in [0.2, 0.25) is 0 Å². The van der Waals surface area contributed by atoms with Crippen LogP contribution in [-0.2, 0) is 27.2 Å². The molecule has 4 aromatic carbocycles. The summed E-state index contributed by atoms with van der Waals surface area (Å²) >= 11 is 6.02. The number of halogens is 1. The van der Waals surface area contributed by atoms with E-state index < -0.39 is 11.9 Å². The van der Waals surface area contributed by atoms with E-state index >= 15 is 0 Å². The Bertz CT molecular complexity index is 1960. The average molecular weight is 654 g/mol. The Labute approximate surface area is 276 Å². The van der Waals surface area contributed by atoms with Crippen molar-refractivity contribution < 1.29 is 38.4 Å². The summed E-state index contributed by atoms with van der Waals surface area (Å²) in [5.74, 6) is 0.0280. The van der Waals surface area contributed by atoms with Crippen molar-refractivity contribution in [1.82, 2.24) is 4.57 Å². The third-order valence-corrected chi connectivity index (χ3v) is 7.82. The summed E-state index contributed by atoms with van der Waals surface area (Å²) < 4.78 is 23.0. The van der Waals surface area contributed by atoms with Gasteiger partial charge >= 0.3 is 11.9 Å². The fourth-order valence-corrected chi connectivity index (χ4v) is 5.24. The first-order valence-electron chi connectivity index (χ1n) is 14.7. The minimum Gasteiger partial charge on any atom is -0.504 e. The third-order valence-electron chi connectivity index (χ3n) is 7.57. The molecule has 0 saturated heterocycles. The summed E-state index contributed by atoms with van der Waals surface area (Å²) in [5, 5.41) is 11.0. The van der Waals surface area contributed by atoms with E-state index in [1.54, 1.807) is 97.5 Å². The van der Waals surface area contributed by atoms with Crippen molar-refractivity contribution in [3.63, 3.8) is 0 Å². The number of esters is 2. The molecular weight excluding hydrogens is 622 g/mol. The van der Waals surface area contributed by atoms with Crippen molar-refractivity contribution in [2.24, 2.45) is 0 Å². The summed E-state index contributed by atoms with van der Waals surface area (Å²) in [5.41, 5.74) is 3.97. The predicted octanol–water partition coefficient (Wildman–Crippen LogP) is 6.96. The Hall–Kier alpha value is -5.54. The molecule has 0 aliphatic rings. The van der Waals surface area contributed by atoms with E-state index in [9.17, 15) is 19.5 Å². The number of nitrogens with zero attached hydrogens (tertiary/aromatic N) is 1. The first-order chi connectivity index (χ1) is 22.7. The second kappa shape index (κ2) is 14.7. The average Bonchev–Trinajstić information content (AvgIpc) is 3.34. The number of aromatic nitrogens is 1. The molecule has 0 radical (unpaired) electrons. The minimum atomic E-state index is -0.567. The number of aromatic hydroxyl groups is 1. The van der Waals surface area contributed by atoms with Crippen LogP contribution in [0.2, 0.25) is 5.02 Å². The third kappa shape index (κ3) is 7.82. The topological polar surface area (TPSA) is 113 Å². The Morgan fingerprint density at radius 2 is 1.60 bits per heavy atom. The van der Waals surface area contributed by atoms with Gasteiger partial charge in [-0.2, -0.15) is 0 Å². The first-order valence-corrected chi connectivity index (χ1v) is 15.0. The van der Waals surface area contributed by atoms with Gasteiger partial charge in [0.1, 0.15) is 11.5 Å². The van der Waals surface area contributed by atoms with Crippen molar-refractivity contribution in [2.75, 3.05) is 20.8 Å². The molecule has 0 aliphatic heterocycles. The SMILES string of the molecule is COc1ccc2c(c1)c(CC(=O)OCCc1ccc(OC(=O)/C=C/c3ccc(O)c(OC)c3)cc1)c(C)n2C(=O)c1ccc(Cl)cc1. The highest BCUT2D eigenvalue weighted by molar-refractivity contribution is 6.30. The molecule has 9 nitrogen and oxygen atoms in total. The monoisotopic (exact) mass is 653 g/mol. The van der Waals surface area contributed by atoms with E-state index in [4.69, 9.17) is 30.5 Å². The standard InChI is InChI=1S/C37H32ClNO8/c1-23-30(31-21-29(44-2)14-15-32(31)39(23)37(43)26-8-10-27(38)11-9-26)22-36(42)46-19-18-24-4-12-28(13-5-24)47-35(41)17-7-25-6-16-33(40)34(20-25)45-3/h4-17,20-21,40H,18-19,22H2,1-3H3/b17-7+. The maximum absolute atomic E-state index is 13.5. The van der Waals surface area contributed by atoms with Crippen LogP contribution in [0.5, 0.6) is 23.0 Å². The quantitative estimate of drug-likeness (QED) is 0.0925.